The van der Waals surface area contributed by atoms with Crippen molar-refractivity contribution in [1.29, 1.82) is 0 Å². The highest BCUT2D eigenvalue weighted by Crippen LogP contribution is 2.30. The summed E-state index contributed by atoms with van der Waals surface area (Å²) in [6.45, 7) is 1.76. The third-order valence-corrected chi connectivity index (χ3v) is 5.26. The smallest absolute Gasteiger partial charge is 0.271 e. The van der Waals surface area contributed by atoms with Gasteiger partial charge in [0, 0.05) is 6.20 Å². The van der Waals surface area contributed by atoms with Crippen molar-refractivity contribution < 1.29 is 8.42 Å². The SMILES string of the molecule is Cc1cc(S(=O)(=O)Nc2cn[nH]c2)sc1Cl. The van der Waals surface area contributed by atoms with Crippen molar-refractivity contribution in [1.82, 2.24) is 10.2 Å². The van der Waals surface area contributed by atoms with Crippen LogP contribution in [0.1, 0.15) is 5.56 Å². The molecule has 2 heterocycles. The van der Waals surface area contributed by atoms with E-state index in [1.54, 1.807) is 6.92 Å². The summed E-state index contributed by atoms with van der Waals surface area (Å²) in [7, 11) is -3.56. The van der Waals surface area contributed by atoms with Gasteiger partial charge in [0.2, 0.25) is 0 Å². The third-order valence-electron chi connectivity index (χ3n) is 1.85. The first kappa shape index (κ1) is 11.4. The number of nitrogens with zero attached hydrogens (tertiary/aromatic N) is 1. The maximum absolute atomic E-state index is 11.9. The fourth-order valence-electron chi connectivity index (χ4n) is 1.08. The van der Waals surface area contributed by atoms with Gasteiger partial charge in [-0.3, -0.25) is 9.82 Å². The lowest BCUT2D eigenvalue weighted by molar-refractivity contribution is 0.603. The highest BCUT2D eigenvalue weighted by molar-refractivity contribution is 7.94. The molecule has 0 atom stereocenters. The zero-order valence-electron chi connectivity index (χ0n) is 8.19. The second-order valence-electron chi connectivity index (χ2n) is 3.11. The van der Waals surface area contributed by atoms with Crippen molar-refractivity contribution in [2.45, 2.75) is 11.1 Å². The molecule has 0 amide bonds. The van der Waals surface area contributed by atoms with Gasteiger partial charge in [-0.25, -0.2) is 8.42 Å². The maximum atomic E-state index is 11.9. The van der Waals surface area contributed by atoms with Gasteiger partial charge in [-0.1, -0.05) is 11.6 Å². The van der Waals surface area contributed by atoms with Crippen molar-refractivity contribution in [3.63, 3.8) is 0 Å². The Morgan fingerprint density at radius 2 is 2.31 bits per heavy atom. The van der Waals surface area contributed by atoms with Gasteiger partial charge >= 0.3 is 0 Å². The number of hydrogen-bond donors (Lipinski definition) is 2. The largest absolute Gasteiger partial charge is 0.284 e. The van der Waals surface area contributed by atoms with Crippen LogP contribution in [-0.4, -0.2) is 18.6 Å². The molecule has 0 radical (unpaired) electrons. The van der Waals surface area contributed by atoms with Gasteiger partial charge in [0.15, 0.2) is 0 Å². The van der Waals surface area contributed by atoms with Crippen LogP contribution in [0.4, 0.5) is 5.69 Å². The molecule has 2 aromatic heterocycles. The van der Waals surface area contributed by atoms with Gasteiger partial charge in [0.1, 0.15) is 4.21 Å². The van der Waals surface area contributed by atoms with Gasteiger partial charge in [-0.15, -0.1) is 11.3 Å². The van der Waals surface area contributed by atoms with E-state index in [2.05, 4.69) is 14.9 Å². The molecule has 0 unspecified atom stereocenters. The Morgan fingerprint density at radius 3 is 2.81 bits per heavy atom. The topological polar surface area (TPSA) is 74.8 Å². The summed E-state index contributed by atoms with van der Waals surface area (Å²) < 4.78 is 26.8. The zero-order chi connectivity index (χ0) is 11.8. The number of nitrogens with one attached hydrogen (secondary N) is 2. The molecule has 0 saturated heterocycles. The average Bonchev–Trinajstić information content (AvgIpc) is 2.78. The van der Waals surface area contributed by atoms with E-state index in [9.17, 15) is 8.42 Å². The highest BCUT2D eigenvalue weighted by atomic mass is 35.5. The number of rotatable bonds is 3. The quantitative estimate of drug-likeness (QED) is 0.903. The highest BCUT2D eigenvalue weighted by Gasteiger charge is 2.18. The first-order valence-corrected chi connectivity index (χ1v) is 6.94. The molecule has 2 aromatic rings. The molecular formula is C8H8ClN3O2S2. The minimum Gasteiger partial charge on any atom is -0.284 e. The zero-order valence-corrected chi connectivity index (χ0v) is 10.6. The molecule has 16 heavy (non-hydrogen) atoms. The second-order valence-corrected chi connectivity index (χ2v) is 6.68. The van der Waals surface area contributed by atoms with Crippen LogP contribution < -0.4 is 4.72 Å². The molecule has 2 N–H and O–H groups in total. The molecule has 0 saturated carbocycles. The van der Waals surface area contributed by atoms with Crippen LogP contribution >= 0.6 is 22.9 Å². The molecule has 2 rings (SSSR count). The average molecular weight is 278 g/mol. The van der Waals surface area contributed by atoms with Crippen molar-refractivity contribution in [2.75, 3.05) is 4.72 Å². The predicted molar refractivity (Wildman–Crippen MR) is 63.5 cm³/mol. The van der Waals surface area contributed by atoms with Crippen LogP contribution in [0.3, 0.4) is 0 Å². The summed E-state index contributed by atoms with van der Waals surface area (Å²) in [5, 5.41) is 6.17. The number of aryl methyl sites for hydroxylation is 1. The van der Waals surface area contributed by atoms with E-state index in [0.29, 0.717) is 10.0 Å². The van der Waals surface area contributed by atoms with Crippen molar-refractivity contribution in [2.24, 2.45) is 0 Å². The number of sulfonamides is 1. The lowest BCUT2D eigenvalue weighted by Crippen LogP contribution is -2.10. The van der Waals surface area contributed by atoms with Crippen LogP contribution in [0.25, 0.3) is 0 Å². The van der Waals surface area contributed by atoms with Crippen LogP contribution in [0.2, 0.25) is 4.34 Å². The molecule has 0 aliphatic carbocycles. The van der Waals surface area contributed by atoms with Gasteiger partial charge in [0.05, 0.1) is 16.2 Å². The van der Waals surface area contributed by atoms with Crippen LogP contribution in [0.15, 0.2) is 22.7 Å². The number of H-pyrrole nitrogens is 1. The lowest BCUT2D eigenvalue weighted by Gasteiger charge is -2.01. The minimum atomic E-state index is -3.56. The summed E-state index contributed by atoms with van der Waals surface area (Å²) in [5.74, 6) is 0. The molecule has 0 bridgehead atoms. The summed E-state index contributed by atoms with van der Waals surface area (Å²) >= 11 is 6.85. The third kappa shape index (κ3) is 2.21. The van der Waals surface area contributed by atoms with Crippen LogP contribution in [0.5, 0.6) is 0 Å². The number of halogens is 1. The van der Waals surface area contributed by atoms with E-state index < -0.39 is 10.0 Å². The van der Waals surface area contributed by atoms with E-state index in [-0.39, 0.29) is 4.21 Å². The summed E-state index contributed by atoms with van der Waals surface area (Å²) in [6, 6.07) is 1.54. The first-order valence-electron chi connectivity index (χ1n) is 4.26. The monoisotopic (exact) mass is 277 g/mol. The summed E-state index contributed by atoms with van der Waals surface area (Å²) in [4.78, 5) is 0. The standard InChI is InChI=1S/C8H8ClN3O2S2/c1-5-2-7(15-8(5)9)16(13,14)12-6-3-10-11-4-6/h2-4,12H,1H3,(H,10,11). The molecule has 0 aromatic carbocycles. The van der Waals surface area contributed by atoms with E-state index in [4.69, 9.17) is 11.6 Å². The van der Waals surface area contributed by atoms with Gasteiger partial charge in [-0.05, 0) is 18.6 Å². The number of anilines is 1. The molecule has 0 spiro atoms. The van der Waals surface area contributed by atoms with Crippen LogP contribution in [-0.2, 0) is 10.0 Å². The van der Waals surface area contributed by atoms with E-state index >= 15 is 0 Å². The maximum Gasteiger partial charge on any atom is 0.271 e. The minimum absolute atomic E-state index is 0.191. The Kier molecular flexibility index (Phi) is 2.92. The molecule has 0 fully saturated rings. The first-order chi connectivity index (χ1) is 7.49. The Balaban J connectivity index is 2.32. The van der Waals surface area contributed by atoms with E-state index in [1.165, 1.54) is 18.5 Å². The Bertz CT molecular complexity index is 569. The Labute approximate surface area is 102 Å². The molecular weight excluding hydrogens is 270 g/mol. The van der Waals surface area contributed by atoms with E-state index in [0.717, 1.165) is 16.9 Å². The lowest BCUT2D eigenvalue weighted by atomic mass is 10.4. The molecule has 5 nitrogen and oxygen atoms in total. The van der Waals surface area contributed by atoms with Crippen molar-refractivity contribution >= 4 is 38.6 Å². The summed E-state index contributed by atoms with van der Waals surface area (Å²) in [5.41, 5.74) is 1.14. The fourth-order valence-corrected chi connectivity index (χ4v) is 3.82. The number of aromatic amines is 1. The normalized spacial score (nSPS) is 11.6. The predicted octanol–water partition coefficient (Wildman–Crippen LogP) is 2.23. The number of hydrogen-bond acceptors (Lipinski definition) is 4. The molecule has 0 aliphatic heterocycles. The molecule has 86 valence electrons. The number of aromatic nitrogens is 2. The number of thiophene rings is 1. The Morgan fingerprint density at radius 1 is 1.56 bits per heavy atom. The van der Waals surface area contributed by atoms with Crippen molar-refractivity contribution in [3.05, 3.63) is 28.4 Å². The van der Waals surface area contributed by atoms with Gasteiger partial charge < -0.3 is 0 Å². The van der Waals surface area contributed by atoms with Crippen LogP contribution in [0, 0.1) is 6.92 Å². The van der Waals surface area contributed by atoms with Gasteiger partial charge in [-0.2, -0.15) is 5.10 Å². The Hall–Kier alpha value is -1.05. The summed E-state index contributed by atoms with van der Waals surface area (Å²) in [6.07, 6.45) is 2.85. The van der Waals surface area contributed by atoms with E-state index in [1.807, 2.05) is 0 Å². The fraction of sp³-hybridized carbons (Fsp3) is 0.125. The molecule has 0 aliphatic rings. The van der Waals surface area contributed by atoms with Gasteiger partial charge in [0.25, 0.3) is 10.0 Å². The molecule has 8 heteroatoms. The van der Waals surface area contributed by atoms with Crippen molar-refractivity contribution in [3.8, 4) is 0 Å². The second kappa shape index (κ2) is 4.08.